The minimum atomic E-state index is 0.0618. The molecule has 2 amide bonds. The van der Waals surface area contributed by atoms with Gasteiger partial charge in [-0.25, -0.2) is 4.79 Å². The van der Waals surface area contributed by atoms with E-state index >= 15 is 0 Å². The van der Waals surface area contributed by atoms with Crippen LogP contribution in [0.2, 0.25) is 0 Å². The van der Waals surface area contributed by atoms with E-state index in [1.807, 2.05) is 18.5 Å². The van der Waals surface area contributed by atoms with E-state index in [-0.39, 0.29) is 6.03 Å². The van der Waals surface area contributed by atoms with Crippen molar-refractivity contribution in [2.24, 2.45) is 0 Å². The summed E-state index contributed by atoms with van der Waals surface area (Å²) in [7, 11) is 1.81. The summed E-state index contributed by atoms with van der Waals surface area (Å²) in [6, 6.07) is 0.0618. The largest absolute Gasteiger partial charge is 0.328 e. The lowest BCUT2D eigenvalue weighted by molar-refractivity contribution is 0.150. The Hall–Kier alpha value is -1.59. The lowest BCUT2D eigenvalue weighted by Gasteiger charge is -2.30. The van der Waals surface area contributed by atoms with Crippen molar-refractivity contribution in [1.29, 1.82) is 0 Å². The van der Waals surface area contributed by atoms with Crippen LogP contribution >= 0.6 is 0 Å². The van der Waals surface area contributed by atoms with E-state index in [4.69, 9.17) is 0 Å². The smallest absolute Gasteiger partial charge is 0.320 e. The fourth-order valence-electron chi connectivity index (χ4n) is 1.61. The van der Waals surface area contributed by atoms with Crippen LogP contribution in [0, 0.1) is 0 Å². The Balaban J connectivity index is 2.06. The first kappa shape index (κ1) is 9.95. The maximum absolute atomic E-state index is 11.9. The van der Waals surface area contributed by atoms with E-state index in [1.165, 1.54) is 0 Å². The van der Waals surface area contributed by atoms with Crippen LogP contribution in [0.3, 0.4) is 0 Å². The van der Waals surface area contributed by atoms with Crippen LogP contribution in [0.1, 0.15) is 12.7 Å². The molecule has 0 unspecified atom stereocenters. The number of urea groups is 1. The number of carbonyl (C=O) groups is 1. The molecule has 0 radical (unpaired) electrons. The summed E-state index contributed by atoms with van der Waals surface area (Å²) in [6.07, 6.45) is 1.71. The topological polar surface area (TPSA) is 54.3 Å². The van der Waals surface area contributed by atoms with E-state index in [9.17, 15) is 4.79 Å². The highest BCUT2D eigenvalue weighted by molar-refractivity contribution is 5.74. The minimum Gasteiger partial charge on any atom is -0.328 e. The highest BCUT2D eigenvalue weighted by atomic mass is 16.2. The highest BCUT2D eigenvalue weighted by Crippen LogP contribution is 2.10. The molecule has 0 N–H and O–H groups in total. The predicted octanol–water partition coefficient (Wildman–Crippen LogP) is 0.165. The molecule has 2 heterocycles. The molecule has 0 saturated heterocycles. The van der Waals surface area contributed by atoms with Crippen LogP contribution in [0.25, 0.3) is 0 Å². The van der Waals surface area contributed by atoms with Crippen molar-refractivity contribution < 1.29 is 4.79 Å². The maximum atomic E-state index is 11.9. The zero-order valence-corrected chi connectivity index (χ0v) is 9.05. The third kappa shape index (κ3) is 1.79. The summed E-state index contributed by atoms with van der Waals surface area (Å²) in [5, 5.41) is 7.80. The van der Waals surface area contributed by atoms with Crippen LogP contribution in [-0.2, 0) is 13.1 Å². The standard InChI is InChI=1S/C9H15N5O/c1-3-12(2)9(15)13-4-5-14-7-10-11-8(14)6-13/h7H,3-6H2,1-2H3. The molecular weight excluding hydrogens is 194 g/mol. The fourth-order valence-corrected chi connectivity index (χ4v) is 1.61. The molecule has 0 saturated carbocycles. The van der Waals surface area contributed by atoms with Crippen molar-refractivity contribution in [2.45, 2.75) is 20.0 Å². The molecule has 0 aliphatic carbocycles. The maximum Gasteiger partial charge on any atom is 0.320 e. The Morgan fingerprint density at radius 2 is 2.40 bits per heavy atom. The molecule has 82 valence electrons. The highest BCUT2D eigenvalue weighted by Gasteiger charge is 2.23. The lowest BCUT2D eigenvalue weighted by Crippen LogP contribution is -2.44. The Morgan fingerprint density at radius 1 is 1.60 bits per heavy atom. The van der Waals surface area contributed by atoms with Crippen LogP contribution < -0.4 is 0 Å². The number of hydrogen-bond donors (Lipinski definition) is 0. The first-order chi connectivity index (χ1) is 7.22. The van der Waals surface area contributed by atoms with E-state index in [0.717, 1.165) is 25.5 Å². The number of amides is 2. The van der Waals surface area contributed by atoms with Gasteiger partial charge in [-0.15, -0.1) is 10.2 Å². The van der Waals surface area contributed by atoms with Crippen LogP contribution in [0.15, 0.2) is 6.33 Å². The molecule has 0 fully saturated rings. The molecule has 1 aromatic rings. The molecular formula is C9H15N5O. The van der Waals surface area contributed by atoms with Gasteiger partial charge in [0.25, 0.3) is 0 Å². The summed E-state index contributed by atoms with van der Waals surface area (Å²) in [5.74, 6) is 0.860. The average Bonchev–Trinajstić information content (AvgIpc) is 2.73. The van der Waals surface area contributed by atoms with Gasteiger partial charge in [0.1, 0.15) is 6.33 Å². The van der Waals surface area contributed by atoms with Gasteiger partial charge in [0, 0.05) is 26.7 Å². The van der Waals surface area contributed by atoms with Crippen LogP contribution in [-0.4, -0.2) is 50.7 Å². The van der Waals surface area contributed by atoms with Gasteiger partial charge in [0.15, 0.2) is 5.82 Å². The summed E-state index contributed by atoms with van der Waals surface area (Å²) in [5.41, 5.74) is 0. The van der Waals surface area contributed by atoms with Gasteiger partial charge in [-0.3, -0.25) is 0 Å². The molecule has 6 heteroatoms. The van der Waals surface area contributed by atoms with E-state index < -0.39 is 0 Å². The van der Waals surface area contributed by atoms with Crippen molar-refractivity contribution in [1.82, 2.24) is 24.6 Å². The predicted molar refractivity (Wildman–Crippen MR) is 54.1 cm³/mol. The summed E-state index contributed by atoms with van der Waals surface area (Å²) < 4.78 is 1.98. The molecule has 0 atom stereocenters. The van der Waals surface area contributed by atoms with Crippen molar-refractivity contribution >= 4 is 6.03 Å². The third-order valence-electron chi connectivity index (χ3n) is 2.71. The second kappa shape index (κ2) is 3.88. The second-order valence-electron chi connectivity index (χ2n) is 3.66. The van der Waals surface area contributed by atoms with E-state index in [2.05, 4.69) is 10.2 Å². The normalized spacial score (nSPS) is 14.9. The molecule has 15 heavy (non-hydrogen) atoms. The molecule has 1 aliphatic heterocycles. The van der Waals surface area contributed by atoms with Crippen molar-refractivity contribution in [3.63, 3.8) is 0 Å². The third-order valence-corrected chi connectivity index (χ3v) is 2.71. The van der Waals surface area contributed by atoms with E-state index in [0.29, 0.717) is 6.54 Å². The summed E-state index contributed by atoms with van der Waals surface area (Å²) in [6.45, 7) is 4.76. The minimum absolute atomic E-state index is 0.0618. The average molecular weight is 209 g/mol. The molecule has 1 aromatic heterocycles. The van der Waals surface area contributed by atoms with Gasteiger partial charge in [0.05, 0.1) is 6.54 Å². The van der Waals surface area contributed by atoms with Crippen molar-refractivity contribution in [3.05, 3.63) is 12.2 Å². The number of carbonyl (C=O) groups excluding carboxylic acids is 1. The van der Waals surface area contributed by atoms with Gasteiger partial charge >= 0.3 is 6.03 Å². The Kier molecular flexibility index (Phi) is 2.57. The quantitative estimate of drug-likeness (QED) is 0.662. The summed E-state index contributed by atoms with van der Waals surface area (Å²) >= 11 is 0. The number of hydrogen-bond acceptors (Lipinski definition) is 3. The van der Waals surface area contributed by atoms with E-state index in [1.54, 1.807) is 16.1 Å². The first-order valence-corrected chi connectivity index (χ1v) is 5.09. The molecule has 2 rings (SSSR count). The van der Waals surface area contributed by atoms with Crippen LogP contribution in [0.4, 0.5) is 4.79 Å². The molecule has 0 aromatic carbocycles. The van der Waals surface area contributed by atoms with Gasteiger partial charge < -0.3 is 14.4 Å². The zero-order valence-electron chi connectivity index (χ0n) is 9.05. The number of fused-ring (bicyclic) bond motifs is 1. The van der Waals surface area contributed by atoms with Gasteiger partial charge in [-0.05, 0) is 6.92 Å². The molecule has 0 spiro atoms. The first-order valence-electron chi connectivity index (χ1n) is 5.09. The Morgan fingerprint density at radius 3 is 3.13 bits per heavy atom. The van der Waals surface area contributed by atoms with Gasteiger partial charge in [-0.2, -0.15) is 0 Å². The summed E-state index contributed by atoms with van der Waals surface area (Å²) in [4.78, 5) is 15.4. The molecule has 1 aliphatic rings. The zero-order chi connectivity index (χ0) is 10.8. The molecule has 6 nitrogen and oxygen atoms in total. The number of nitrogens with zero attached hydrogens (tertiary/aromatic N) is 5. The monoisotopic (exact) mass is 209 g/mol. The Bertz CT molecular complexity index is 361. The molecule has 0 bridgehead atoms. The van der Waals surface area contributed by atoms with Gasteiger partial charge in [-0.1, -0.05) is 0 Å². The fraction of sp³-hybridized carbons (Fsp3) is 0.667. The lowest BCUT2D eigenvalue weighted by atomic mass is 10.3. The number of rotatable bonds is 1. The second-order valence-corrected chi connectivity index (χ2v) is 3.66. The Labute approximate surface area is 88.5 Å². The van der Waals surface area contributed by atoms with Crippen LogP contribution in [0.5, 0.6) is 0 Å². The van der Waals surface area contributed by atoms with Crippen molar-refractivity contribution in [2.75, 3.05) is 20.1 Å². The van der Waals surface area contributed by atoms with Crippen molar-refractivity contribution in [3.8, 4) is 0 Å². The number of aromatic nitrogens is 3. The SMILES string of the molecule is CCN(C)C(=O)N1CCn2cnnc2C1. The van der Waals surface area contributed by atoms with Gasteiger partial charge in [0.2, 0.25) is 0 Å².